The van der Waals surface area contributed by atoms with E-state index < -0.39 is 0 Å². The highest BCUT2D eigenvalue weighted by Crippen LogP contribution is 2.08. The van der Waals surface area contributed by atoms with Crippen molar-refractivity contribution in [3.05, 3.63) is 35.4 Å². The molecule has 3 heteroatoms. The molecule has 0 fully saturated rings. The van der Waals surface area contributed by atoms with Crippen molar-refractivity contribution in [1.29, 1.82) is 0 Å². The Kier molecular flexibility index (Phi) is 4.13. The summed E-state index contributed by atoms with van der Waals surface area (Å²) in [6.07, 6.45) is 0.338. The fourth-order valence-corrected chi connectivity index (χ4v) is 1.32. The number of likely N-dealkylation sites (N-methyl/N-ethyl adjacent to an activating group) is 1. The molecule has 14 heavy (non-hydrogen) atoms. The number of nitrogens with one attached hydrogen (secondary N) is 1. The van der Waals surface area contributed by atoms with Gasteiger partial charge in [0, 0.05) is 6.54 Å². The van der Waals surface area contributed by atoms with Gasteiger partial charge in [-0.1, -0.05) is 24.3 Å². The van der Waals surface area contributed by atoms with E-state index in [1.807, 2.05) is 31.2 Å². The average molecular weight is 193 g/mol. The molecule has 1 aromatic rings. The lowest BCUT2D eigenvalue weighted by Gasteiger charge is -2.06. The van der Waals surface area contributed by atoms with E-state index in [-0.39, 0.29) is 12.5 Å². The summed E-state index contributed by atoms with van der Waals surface area (Å²) in [5, 5.41) is 11.8. The van der Waals surface area contributed by atoms with Gasteiger partial charge in [-0.2, -0.15) is 0 Å². The molecule has 1 amide bonds. The molecule has 1 aromatic carbocycles. The summed E-state index contributed by atoms with van der Waals surface area (Å²) in [6, 6.07) is 7.41. The molecule has 76 valence electrons. The van der Waals surface area contributed by atoms with Crippen LogP contribution in [0.15, 0.2) is 24.3 Å². The number of carbonyl (C=O) groups is 1. The number of aliphatic hydroxyl groups excluding tert-OH is 1. The fourth-order valence-electron chi connectivity index (χ4n) is 1.32. The number of hydrogen-bond acceptors (Lipinski definition) is 2. The van der Waals surface area contributed by atoms with Crippen LogP contribution in [0.3, 0.4) is 0 Å². The highest BCUT2D eigenvalue weighted by molar-refractivity contribution is 5.78. The third kappa shape index (κ3) is 2.85. The Morgan fingerprint density at radius 1 is 1.36 bits per heavy atom. The zero-order chi connectivity index (χ0) is 10.4. The van der Waals surface area contributed by atoms with E-state index in [2.05, 4.69) is 5.32 Å². The summed E-state index contributed by atoms with van der Waals surface area (Å²) in [4.78, 5) is 11.3. The molecule has 0 saturated heterocycles. The van der Waals surface area contributed by atoms with Crippen LogP contribution in [0.4, 0.5) is 0 Å². The molecule has 0 unspecified atom stereocenters. The van der Waals surface area contributed by atoms with Crippen molar-refractivity contribution in [1.82, 2.24) is 5.32 Å². The predicted octanol–water partition coefficient (Wildman–Crippen LogP) is 0.858. The molecule has 3 nitrogen and oxygen atoms in total. The minimum Gasteiger partial charge on any atom is -0.392 e. The lowest BCUT2D eigenvalue weighted by molar-refractivity contribution is -0.120. The third-order valence-electron chi connectivity index (χ3n) is 2.01. The van der Waals surface area contributed by atoms with Crippen molar-refractivity contribution >= 4 is 5.91 Å². The van der Waals surface area contributed by atoms with Crippen molar-refractivity contribution in [2.75, 3.05) is 6.54 Å². The maximum absolute atomic E-state index is 11.3. The number of amides is 1. The molecule has 0 aliphatic carbocycles. The smallest absolute Gasteiger partial charge is 0.224 e. The number of carbonyl (C=O) groups excluding carboxylic acids is 1. The Labute approximate surface area is 83.8 Å². The van der Waals surface area contributed by atoms with Crippen LogP contribution in [0.2, 0.25) is 0 Å². The molecule has 0 heterocycles. The summed E-state index contributed by atoms with van der Waals surface area (Å²) in [7, 11) is 0. The summed E-state index contributed by atoms with van der Waals surface area (Å²) >= 11 is 0. The van der Waals surface area contributed by atoms with Crippen LogP contribution in [-0.2, 0) is 17.8 Å². The van der Waals surface area contributed by atoms with E-state index in [0.717, 1.165) is 11.1 Å². The summed E-state index contributed by atoms with van der Waals surface area (Å²) < 4.78 is 0. The van der Waals surface area contributed by atoms with Crippen LogP contribution in [0, 0.1) is 0 Å². The maximum Gasteiger partial charge on any atom is 0.224 e. The van der Waals surface area contributed by atoms with Gasteiger partial charge in [-0.25, -0.2) is 0 Å². The molecule has 2 N–H and O–H groups in total. The predicted molar refractivity (Wildman–Crippen MR) is 54.8 cm³/mol. The molecule has 0 atom stereocenters. The molecule has 0 radical (unpaired) electrons. The first-order valence-electron chi connectivity index (χ1n) is 4.72. The zero-order valence-corrected chi connectivity index (χ0v) is 8.29. The van der Waals surface area contributed by atoms with Crippen molar-refractivity contribution in [3.63, 3.8) is 0 Å². The van der Waals surface area contributed by atoms with E-state index in [4.69, 9.17) is 5.11 Å². The van der Waals surface area contributed by atoms with Gasteiger partial charge < -0.3 is 10.4 Å². The molecule has 0 saturated carbocycles. The van der Waals surface area contributed by atoms with Gasteiger partial charge in [0.2, 0.25) is 5.91 Å². The van der Waals surface area contributed by atoms with Crippen LogP contribution >= 0.6 is 0 Å². The van der Waals surface area contributed by atoms with Crippen LogP contribution in [0.25, 0.3) is 0 Å². The van der Waals surface area contributed by atoms with Gasteiger partial charge in [0.05, 0.1) is 13.0 Å². The second-order valence-electron chi connectivity index (χ2n) is 3.06. The summed E-state index contributed by atoms with van der Waals surface area (Å²) in [6.45, 7) is 2.51. The number of hydrogen-bond donors (Lipinski definition) is 2. The minimum absolute atomic E-state index is 0.00611. The average Bonchev–Trinajstić information content (AvgIpc) is 2.19. The largest absolute Gasteiger partial charge is 0.392 e. The number of aliphatic hydroxyl groups is 1. The quantitative estimate of drug-likeness (QED) is 0.745. The van der Waals surface area contributed by atoms with E-state index >= 15 is 0 Å². The van der Waals surface area contributed by atoms with E-state index in [9.17, 15) is 4.79 Å². The van der Waals surface area contributed by atoms with Crippen molar-refractivity contribution in [2.24, 2.45) is 0 Å². The van der Waals surface area contributed by atoms with Crippen LogP contribution in [0.5, 0.6) is 0 Å². The Hall–Kier alpha value is -1.35. The summed E-state index contributed by atoms with van der Waals surface area (Å²) in [5.74, 6) is -0.00611. The maximum atomic E-state index is 11.3. The van der Waals surface area contributed by atoms with Gasteiger partial charge >= 0.3 is 0 Å². The standard InChI is InChI=1S/C11H15NO2/c1-2-12-11(14)7-9-5-3-4-6-10(9)8-13/h3-6,13H,2,7-8H2,1H3,(H,12,14). The third-order valence-corrected chi connectivity index (χ3v) is 2.01. The first kappa shape index (κ1) is 10.7. The van der Waals surface area contributed by atoms with Crippen LogP contribution < -0.4 is 5.32 Å². The molecular formula is C11H15NO2. The molecule has 0 spiro atoms. The highest BCUT2D eigenvalue weighted by Gasteiger charge is 2.05. The van der Waals surface area contributed by atoms with E-state index in [1.54, 1.807) is 0 Å². The van der Waals surface area contributed by atoms with E-state index in [1.165, 1.54) is 0 Å². The van der Waals surface area contributed by atoms with Gasteiger partial charge in [0.1, 0.15) is 0 Å². The molecule has 1 rings (SSSR count). The van der Waals surface area contributed by atoms with Crippen LogP contribution in [-0.4, -0.2) is 17.6 Å². The second kappa shape index (κ2) is 5.40. The Bertz CT molecular complexity index is 310. The van der Waals surface area contributed by atoms with Gasteiger partial charge in [-0.05, 0) is 18.1 Å². The first-order valence-corrected chi connectivity index (χ1v) is 4.72. The van der Waals surface area contributed by atoms with E-state index in [0.29, 0.717) is 13.0 Å². The minimum atomic E-state index is -0.0183. The van der Waals surface area contributed by atoms with Gasteiger partial charge in [-0.15, -0.1) is 0 Å². The lowest BCUT2D eigenvalue weighted by Crippen LogP contribution is -2.24. The topological polar surface area (TPSA) is 49.3 Å². The molecule has 0 bridgehead atoms. The summed E-state index contributed by atoms with van der Waals surface area (Å²) in [5.41, 5.74) is 1.71. The number of benzene rings is 1. The highest BCUT2D eigenvalue weighted by atomic mass is 16.3. The first-order chi connectivity index (χ1) is 6.77. The molecule has 0 aliphatic rings. The SMILES string of the molecule is CCNC(=O)Cc1ccccc1CO. The van der Waals surface area contributed by atoms with Crippen LogP contribution in [0.1, 0.15) is 18.1 Å². The Balaban J connectivity index is 2.70. The van der Waals surface area contributed by atoms with Crippen molar-refractivity contribution in [3.8, 4) is 0 Å². The molecular weight excluding hydrogens is 178 g/mol. The molecule has 0 aliphatic heterocycles. The number of rotatable bonds is 4. The van der Waals surface area contributed by atoms with Gasteiger partial charge in [0.15, 0.2) is 0 Å². The van der Waals surface area contributed by atoms with Gasteiger partial charge in [0.25, 0.3) is 0 Å². The zero-order valence-electron chi connectivity index (χ0n) is 8.29. The van der Waals surface area contributed by atoms with Gasteiger partial charge in [-0.3, -0.25) is 4.79 Å². The van der Waals surface area contributed by atoms with Crippen molar-refractivity contribution < 1.29 is 9.90 Å². The fraction of sp³-hybridized carbons (Fsp3) is 0.364. The lowest BCUT2D eigenvalue weighted by atomic mass is 10.1. The normalized spacial score (nSPS) is 9.86. The Morgan fingerprint density at radius 3 is 2.57 bits per heavy atom. The monoisotopic (exact) mass is 193 g/mol. The molecule has 0 aromatic heterocycles. The van der Waals surface area contributed by atoms with Crippen molar-refractivity contribution in [2.45, 2.75) is 20.0 Å². The Morgan fingerprint density at radius 2 is 2.00 bits per heavy atom. The second-order valence-corrected chi connectivity index (χ2v) is 3.06.